The minimum absolute atomic E-state index is 0.146. The van der Waals surface area contributed by atoms with Gasteiger partial charge in [-0.3, -0.25) is 14.9 Å². The van der Waals surface area contributed by atoms with Crippen LogP contribution in [0.2, 0.25) is 0 Å². The van der Waals surface area contributed by atoms with E-state index in [0.29, 0.717) is 22.8 Å². The van der Waals surface area contributed by atoms with Gasteiger partial charge in [-0.2, -0.15) is 4.39 Å². The normalized spacial score (nSPS) is 13.1. The largest absolute Gasteiger partial charge is 0.492 e. The van der Waals surface area contributed by atoms with Crippen LogP contribution >= 0.6 is 11.6 Å². The lowest BCUT2D eigenvalue weighted by molar-refractivity contribution is -0.206. The third-order valence-corrected chi connectivity index (χ3v) is 5.21. The molecule has 0 saturated carbocycles. The maximum absolute atomic E-state index is 15.7. The van der Waals surface area contributed by atoms with Gasteiger partial charge in [0.2, 0.25) is 0 Å². The maximum atomic E-state index is 15.7. The first-order valence-corrected chi connectivity index (χ1v) is 11.0. The summed E-state index contributed by atoms with van der Waals surface area (Å²) in [7, 11) is 1.04. The highest BCUT2D eigenvalue weighted by Gasteiger charge is 2.37. The molecule has 0 bridgehead atoms. The van der Waals surface area contributed by atoms with E-state index in [2.05, 4.69) is 15.6 Å². The van der Waals surface area contributed by atoms with Crippen LogP contribution in [0.25, 0.3) is 0 Å². The first-order chi connectivity index (χ1) is 16.2. The fraction of sp³-hybridized carbons (Fsp3) is 0.292. The standard InChI is InChI=1S/C24H26ClFN4O4/c1-23(2,18-11-7-8-12-19(18)34-16-13-25)28-20-22(32)30(15-14-27-20)24(26,33-3)29-21(31)17-9-5-4-6-10-17/h4-12,14-15H,13,16H2,1-3H3,(H,27,28)(H,29,31). The van der Waals surface area contributed by atoms with Crippen LogP contribution in [0.4, 0.5) is 10.2 Å². The maximum Gasteiger partial charge on any atom is 0.385 e. The Bertz CT molecular complexity index is 1190. The highest BCUT2D eigenvalue weighted by Crippen LogP contribution is 2.32. The Balaban J connectivity index is 1.92. The monoisotopic (exact) mass is 488 g/mol. The quantitative estimate of drug-likeness (QED) is 0.256. The van der Waals surface area contributed by atoms with Crippen molar-refractivity contribution in [2.45, 2.75) is 25.5 Å². The van der Waals surface area contributed by atoms with E-state index in [4.69, 9.17) is 21.1 Å². The van der Waals surface area contributed by atoms with E-state index in [-0.39, 0.29) is 11.4 Å². The molecule has 0 spiro atoms. The average molecular weight is 489 g/mol. The highest BCUT2D eigenvalue weighted by atomic mass is 35.5. The van der Waals surface area contributed by atoms with E-state index in [9.17, 15) is 9.59 Å². The first-order valence-electron chi connectivity index (χ1n) is 10.5. The van der Waals surface area contributed by atoms with Gasteiger partial charge >= 0.3 is 6.10 Å². The van der Waals surface area contributed by atoms with Gasteiger partial charge in [0, 0.05) is 30.6 Å². The summed E-state index contributed by atoms with van der Waals surface area (Å²) in [5.41, 5.74) is -0.732. The number of carbonyl (C=O) groups excluding carboxylic acids is 1. The van der Waals surface area contributed by atoms with E-state index in [0.717, 1.165) is 18.9 Å². The van der Waals surface area contributed by atoms with Crippen LogP contribution in [0.5, 0.6) is 5.75 Å². The zero-order valence-electron chi connectivity index (χ0n) is 19.0. The SMILES string of the molecule is COC(F)(NC(=O)c1ccccc1)n1ccnc(NC(C)(C)c2ccccc2OCCCl)c1=O. The molecule has 2 N–H and O–H groups in total. The minimum Gasteiger partial charge on any atom is -0.492 e. The predicted molar refractivity (Wildman–Crippen MR) is 128 cm³/mol. The lowest BCUT2D eigenvalue weighted by Crippen LogP contribution is -2.53. The number of amides is 1. The van der Waals surface area contributed by atoms with Crippen LogP contribution in [0.1, 0.15) is 29.8 Å². The molecule has 1 amide bonds. The topological polar surface area (TPSA) is 94.5 Å². The third kappa shape index (κ3) is 5.55. The molecular weight excluding hydrogens is 463 g/mol. The fourth-order valence-corrected chi connectivity index (χ4v) is 3.43. The number of ether oxygens (including phenoxy) is 2. The van der Waals surface area contributed by atoms with Gasteiger partial charge in [0.15, 0.2) is 5.82 Å². The Morgan fingerprint density at radius 2 is 1.82 bits per heavy atom. The van der Waals surface area contributed by atoms with E-state index in [1.54, 1.807) is 24.3 Å². The number of halogens is 2. The number of anilines is 1. The number of methoxy groups -OCH3 is 1. The van der Waals surface area contributed by atoms with Crippen molar-refractivity contribution in [1.29, 1.82) is 0 Å². The number of hydrogen-bond acceptors (Lipinski definition) is 6. The van der Waals surface area contributed by atoms with E-state index in [1.165, 1.54) is 18.3 Å². The van der Waals surface area contributed by atoms with Gasteiger partial charge in [0.25, 0.3) is 11.5 Å². The van der Waals surface area contributed by atoms with E-state index >= 15 is 4.39 Å². The van der Waals surface area contributed by atoms with Crippen molar-refractivity contribution in [2.24, 2.45) is 0 Å². The van der Waals surface area contributed by atoms with Crippen molar-refractivity contribution in [3.63, 3.8) is 0 Å². The Kier molecular flexibility index (Phi) is 7.90. The van der Waals surface area contributed by atoms with Crippen LogP contribution in [0.3, 0.4) is 0 Å². The first kappa shape index (κ1) is 25.2. The lowest BCUT2D eigenvalue weighted by Gasteiger charge is -2.30. The molecule has 180 valence electrons. The smallest absolute Gasteiger partial charge is 0.385 e. The van der Waals surface area contributed by atoms with Crippen LogP contribution in [-0.2, 0) is 16.4 Å². The Labute approximate surface area is 201 Å². The molecule has 1 heterocycles. The second-order valence-corrected chi connectivity index (χ2v) is 8.20. The van der Waals surface area contributed by atoms with Gasteiger partial charge in [-0.1, -0.05) is 36.4 Å². The summed E-state index contributed by atoms with van der Waals surface area (Å²) in [6, 6.07) is 15.3. The summed E-state index contributed by atoms with van der Waals surface area (Å²) in [4.78, 5) is 29.8. The molecule has 0 aliphatic heterocycles. The lowest BCUT2D eigenvalue weighted by atomic mass is 9.93. The van der Waals surface area contributed by atoms with Crippen LogP contribution in [0.15, 0.2) is 71.8 Å². The zero-order chi connectivity index (χ0) is 24.8. The molecule has 3 aromatic rings. The highest BCUT2D eigenvalue weighted by molar-refractivity contribution is 6.18. The number of rotatable bonds is 10. The summed E-state index contributed by atoms with van der Waals surface area (Å²) >= 11 is 5.75. The van der Waals surface area contributed by atoms with Gasteiger partial charge < -0.3 is 14.8 Å². The minimum atomic E-state index is -2.95. The number of nitrogens with one attached hydrogen (secondary N) is 2. The van der Waals surface area contributed by atoms with E-state index < -0.39 is 23.1 Å². The molecular formula is C24H26ClFN4O4. The second kappa shape index (κ2) is 10.7. The molecule has 0 aliphatic rings. The third-order valence-electron chi connectivity index (χ3n) is 5.05. The molecule has 0 aliphatic carbocycles. The van der Waals surface area contributed by atoms with Crippen molar-refractivity contribution >= 4 is 23.3 Å². The van der Waals surface area contributed by atoms with Crippen LogP contribution < -0.4 is 20.9 Å². The van der Waals surface area contributed by atoms with Crippen LogP contribution in [0, 0.1) is 0 Å². The van der Waals surface area contributed by atoms with E-state index in [1.807, 2.05) is 32.0 Å². The number of para-hydroxylation sites is 1. The molecule has 3 rings (SSSR count). The summed E-state index contributed by atoms with van der Waals surface area (Å²) in [5.74, 6) is 0.00238. The zero-order valence-corrected chi connectivity index (χ0v) is 19.8. The molecule has 8 nitrogen and oxygen atoms in total. The van der Waals surface area contributed by atoms with Gasteiger partial charge in [-0.25, -0.2) is 9.55 Å². The van der Waals surface area contributed by atoms with Crippen molar-refractivity contribution < 1.29 is 18.7 Å². The van der Waals surface area contributed by atoms with Crippen molar-refractivity contribution in [3.05, 3.63) is 88.5 Å². The number of alkyl halides is 2. The van der Waals surface area contributed by atoms with Crippen molar-refractivity contribution in [3.8, 4) is 5.75 Å². The number of aromatic nitrogens is 2. The molecule has 10 heteroatoms. The molecule has 0 saturated heterocycles. The summed E-state index contributed by atoms with van der Waals surface area (Å²) in [6.45, 7) is 3.96. The summed E-state index contributed by atoms with van der Waals surface area (Å²) in [6.07, 6.45) is -0.626. The van der Waals surface area contributed by atoms with Gasteiger partial charge in [0.05, 0.1) is 11.4 Å². The molecule has 34 heavy (non-hydrogen) atoms. The molecule has 1 unspecified atom stereocenters. The van der Waals surface area contributed by atoms with Crippen LogP contribution in [-0.4, -0.2) is 35.1 Å². The Hall–Kier alpha value is -3.43. The Morgan fingerprint density at radius 1 is 1.15 bits per heavy atom. The number of nitrogens with zero attached hydrogens (tertiary/aromatic N) is 2. The molecule has 0 fully saturated rings. The van der Waals surface area contributed by atoms with Gasteiger partial charge in [0.1, 0.15) is 12.4 Å². The fourth-order valence-electron chi connectivity index (χ4n) is 3.36. The van der Waals surface area contributed by atoms with Crippen molar-refractivity contribution in [2.75, 3.05) is 24.9 Å². The van der Waals surface area contributed by atoms with Crippen molar-refractivity contribution in [1.82, 2.24) is 14.9 Å². The van der Waals surface area contributed by atoms with Gasteiger partial charge in [-0.15, -0.1) is 11.6 Å². The average Bonchev–Trinajstić information content (AvgIpc) is 2.84. The number of carbonyl (C=O) groups is 1. The van der Waals surface area contributed by atoms with Gasteiger partial charge in [-0.05, 0) is 32.0 Å². The molecule has 0 radical (unpaired) electrons. The molecule has 2 aromatic carbocycles. The summed E-state index contributed by atoms with van der Waals surface area (Å²) in [5, 5.41) is 5.17. The summed E-state index contributed by atoms with van der Waals surface area (Å²) < 4.78 is 27.0. The number of hydrogen-bond donors (Lipinski definition) is 2. The number of benzene rings is 2. The Morgan fingerprint density at radius 3 is 2.50 bits per heavy atom. The predicted octanol–water partition coefficient (Wildman–Crippen LogP) is 3.82. The molecule has 1 aromatic heterocycles. The second-order valence-electron chi connectivity index (χ2n) is 7.82. The molecule has 1 atom stereocenters.